The van der Waals surface area contributed by atoms with Gasteiger partial charge in [0.15, 0.2) is 0 Å². The number of hydrogen-bond acceptors (Lipinski definition) is 3. The predicted octanol–water partition coefficient (Wildman–Crippen LogP) is 1.32. The fraction of sp³-hybridized carbons (Fsp3) is 0.462. The standard InChI is InChI=1S/C13H16FNO3/c1-9-4-10(2-3-11(9)14)5-15-6-13(12(16)17)7-18-8-13/h2-4,15H,5-8H2,1H3,(H,16,17). The summed E-state index contributed by atoms with van der Waals surface area (Å²) < 4.78 is 18.0. The fourth-order valence-electron chi connectivity index (χ4n) is 1.91. The van der Waals surface area contributed by atoms with Crippen LogP contribution in [0.25, 0.3) is 0 Å². The zero-order chi connectivity index (χ0) is 13.2. The van der Waals surface area contributed by atoms with E-state index in [1.54, 1.807) is 19.1 Å². The molecule has 18 heavy (non-hydrogen) atoms. The second kappa shape index (κ2) is 5.04. The third-order valence-electron chi connectivity index (χ3n) is 3.23. The van der Waals surface area contributed by atoms with Crippen LogP contribution in [-0.4, -0.2) is 30.8 Å². The molecule has 1 heterocycles. The van der Waals surface area contributed by atoms with Gasteiger partial charge in [-0.3, -0.25) is 4.79 Å². The van der Waals surface area contributed by atoms with Crippen molar-refractivity contribution in [2.75, 3.05) is 19.8 Å². The van der Waals surface area contributed by atoms with Crippen LogP contribution in [0, 0.1) is 18.2 Å². The number of carboxylic acids is 1. The van der Waals surface area contributed by atoms with Crippen LogP contribution in [0.2, 0.25) is 0 Å². The van der Waals surface area contributed by atoms with Crippen molar-refractivity contribution in [3.05, 3.63) is 35.1 Å². The molecule has 98 valence electrons. The van der Waals surface area contributed by atoms with Crippen LogP contribution in [0.3, 0.4) is 0 Å². The summed E-state index contributed by atoms with van der Waals surface area (Å²) in [5, 5.41) is 12.2. The van der Waals surface area contributed by atoms with E-state index in [0.29, 0.717) is 18.7 Å². The first-order valence-corrected chi connectivity index (χ1v) is 5.80. The van der Waals surface area contributed by atoms with Crippen molar-refractivity contribution in [2.24, 2.45) is 5.41 Å². The zero-order valence-corrected chi connectivity index (χ0v) is 10.2. The van der Waals surface area contributed by atoms with Gasteiger partial charge < -0.3 is 15.2 Å². The molecule has 0 spiro atoms. The average Bonchev–Trinajstić information content (AvgIpc) is 2.26. The highest BCUT2D eigenvalue weighted by Gasteiger charge is 2.45. The molecule has 0 radical (unpaired) electrons. The van der Waals surface area contributed by atoms with Gasteiger partial charge in [-0.25, -0.2) is 4.39 Å². The molecule has 1 saturated heterocycles. The van der Waals surface area contributed by atoms with E-state index in [4.69, 9.17) is 9.84 Å². The van der Waals surface area contributed by atoms with Crippen molar-refractivity contribution < 1.29 is 19.0 Å². The number of aliphatic carboxylic acids is 1. The van der Waals surface area contributed by atoms with Crippen LogP contribution in [0.1, 0.15) is 11.1 Å². The van der Waals surface area contributed by atoms with Crippen LogP contribution in [0.15, 0.2) is 18.2 Å². The van der Waals surface area contributed by atoms with Gasteiger partial charge in [0.1, 0.15) is 11.2 Å². The SMILES string of the molecule is Cc1cc(CNCC2(C(=O)O)COC2)ccc1F. The normalized spacial score (nSPS) is 17.2. The Morgan fingerprint density at radius 1 is 1.56 bits per heavy atom. The molecule has 0 unspecified atom stereocenters. The van der Waals surface area contributed by atoms with E-state index in [1.807, 2.05) is 0 Å². The molecule has 0 bridgehead atoms. The lowest BCUT2D eigenvalue weighted by Crippen LogP contribution is -2.55. The average molecular weight is 253 g/mol. The summed E-state index contributed by atoms with van der Waals surface area (Å²) in [5.74, 6) is -1.07. The van der Waals surface area contributed by atoms with Gasteiger partial charge >= 0.3 is 5.97 Å². The molecule has 1 aliphatic heterocycles. The summed E-state index contributed by atoms with van der Waals surface area (Å²) in [6.45, 7) is 3.09. The molecule has 2 N–H and O–H groups in total. The van der Waals surface area contributed by atoms with Gasteiger partial charge in [-0.2, -0.15) is 0 Å². The zero-order valence-electron chi connectivity index (χ0n) is 10.2. The minimum absolute atomic E-state index is 0.229. The molecule has 5 heteroatoms. The van der Waals surface area contributed by atoms with E-state index in [0.717, 1.165) is 5.56 Å². The van der Waals surface area contributed by atoms with Crippen LogP contribution in [0.5, 0.6) is 0 Å². The summed E-state index contributed by atoms with van der Waals surface area (Å²) in [4.78, 5) is 11.1. The minimum Gasteiger partial charge on any atom is -0.481 e. The molecule has 2 rings (SSSR count). The first-order chi connectivity index (χ1) is 8.53. The van der Waals surface area contributed by atoms with Crippen molar-refractivity contribution >= 4 is 5.97 Å². The molecule has 0 aromatic heterocycles. The quantitative estimate of drug-likeness (QED) is 0.831. The topological polar surface area (TPSA) is 58.6 Å². The third-order valence-corrected chi connectivity index (χ3v) is 3.23. The van der Waals surface area contributed by atoms with Crippen molar-refractivity contribution in [2.45, 2.75) is 13.5 Å². The number of carbonyl (C=O) groups is 1. The van der Waals surface area contributed by atoms with Crippen LogP contribution >= 0.6 is 0 Å². The largest absolute Gasteiger partial charge is 0.481 e. The monoisotopic (exact) mass is 253 g/mol. The lowest BCUT2D eigenvalue weighted by molar-refractivity contribution is -0.178. The lowest BCUT2D eigenvalue weighted by Gasteiger charge is -2.37. The van der Waals surface area contributed by atoms with Crippen LogP contribution < -0.4 is 5.32 Å². The first kappa shape index (κ1) is 13.0. The molecule has 1 aliphatic rings. The molecule has 1 aromatic rings. The van der Waals surface area contributed by atoms with Gasteiger partial charge in [0.05, 0.1) is 13.2 Å². The second-order valence-corrected chi connectivity index (χ2v) is 4.77. The van der Waals surface area contributed by atoms with Gasteiger partial charge in [-0.05, 0) is 24.1 Å². The Hall–Kier alpha value is -1.46. The lowest BCUT2D eigenvalue weighted by atomic mass is 9.86. The van der Waals surface area contributed by atoms with Gasteiger partial charge in [0.2, 0.25) is 0 Å². The summed E-state index contributed by atoms with van der Waals surface area (Å²) in [6, 6.07) is 4.87. The summed E-state index contributed by atoms with van der Waals surface area (Å²) in [6.07, 6.45) is 0. The number of benzene rings is 1. The van der Waals surface area contributed by atoms with E-state index in [9.17, 15) is 9.18 Å². The number of aryl methyl sites for hydroxylation is 1. The van der Waals surface area contributed by atoms with Crippen molar-refractivity contribution in [3.63, 3.8) is 0 Å². The molecule has 0 saturated carbocycles. The fourth-order valence-corrected chi connectivity index (χ4v) is 1.91. The molecule has 0 amide bonds. The van der Waals surface area contributed by atoms with Gasteiger partial charge in [-0.15, -0.1) is 0 Å². The Balaban J connectivity index is 1.88. The maximum absolute atomic E-state index is 13.1. The van der Waals surface area contributed by atoms with Gasteiger partial charge in [0.25, 0.3) is 0 Å². The minimum atomic E-state index is -0.837. The van der Waals surface area contributed by atoms with E-state index < -0.39 is 11.4 Å². The molecule has 1 fully saturated rings. The molecular formula is C13H16FNO3. The van der Waals surface area contributed by atoms with Crippen LogP contribution in [0.4, 0.5) is 4.39 Å². The molecule has 0 aliphatic carbocycles. The number of hydrogen-bond donors (Lipinski definition) is 2. The number of carboxylic acid groups (broad SMARTS) is 1. The Morgan fingerprint density at radius 2 is 2.28 bits per heavy atom. The Bertz CT molecular complexity index is 458. The highest BCUT2D eigenvalue weighted by atomic mass is 19.1. The predicted molar refractivity (Wildman–Crippen MR) is 63.7 cm³/mol. The van der Waals surface area contributed by atoms with Gasteiger partial charge in [0, 0.05) is 13.1 Å². The van der Waals surface area contributed by atoms with Crippen LogP contribution in [-0.2, 0) is 16.1 Å². The van der Waals surface area contributed by atoms with E-state index in [-0.39, 0.29) is 19.0 Å². The van der Waals surface area contributed by atoms with E-state index >= 15 is 0 Å². The summed E-state index contributed by atoms with van der Waals surface area (Å²) in [5.41, 5.74) is 0.735. The number of ether oxygens (including phenoxy) is 1. The van der Waals surface area contributed by atoms with Crippen molar-refractivity contribution in [1.82, 2.24) is 5.32 Å². The second-order valence-electron chi connectivity index (χ2n) is 4.77. The van der Waals surface area contributed by atoms with E-state index in [2.05, 4.69) is 5.32 Å². The molecular weight excluding hydrogens is 237 g/mol. The summed E-state index contributed by atoms with van der Waals surface area (Å²) >= 11 is 0. The maximum Gasteiger partial charge on any atom is 0.315 e. The molecule has 0 atom stereocenters. The number of halogens is 1. The van der Waals surface area contributed by atoms with Crippen molar-refractivity contribution in [1.29, 1.82) is 0 Å². The van der Waals surface area contributed by atoms with E-state index in [1.165, 1.54) is 6.07 Å². The highest BCUT2D eigenvalue weighted by molar-refractivity contribution is 5.76. The third kappa shape index (κ3) is 2.52. The van der Waals surface area contributed by atoms with Gasteiger partial charge in [-0.1, -0.05) is 12.1 Å². The molecule has 1 aromatic carbocycles. The Labute approximate surface area is 105 Å². The Kier molecular flexibility index (Phi) is 3.63. The molecule has 4 nitrogen and oxygen atoms in total. The Morgan fingerprint density at radius 3 is 2.78 bits per heavy atom. The van der Waals surface area contributed by atoms with Crippen molar-refractivity contribution in [3.8, 4) is 0 Å². The smallest absolute Gasteiger partial charge is 0.315 e. The maximum atomic E-state index is 13.1. The summed E-state index contributed by atoms with van der Waals surface area (Å²) in [7, 11) is 0. The number of nitrogens with one attached hydrogen (secondary N) is 1. The highest BCUT2D eigenvalue weighted by Crippen LogP contribution is 2.26. The number of rotatable bonds is 5. The first-order valence-electron chi connectivity index (χ1n) is 5.80.